The van der Waals surface area contributed by atoms with Crippen molar-refractivity contribution in [2.45, 2.75) is 0 Å². The summed E-state index contributed by atoms with van der Waals surface area (Å²) in [6.07, 6.45) is 0. The second-order valence-corrected chi connectivity index (χ2v) is 0. The molecule has 0 aromatic rings. The molecule has 0 aliphatic heterocycles. The zero-order valence-corrected chi connectivity index (χ0v) is 10.0. The van der Waals surface area contributed by atoms with E-state index in [1.165, 1.54) is 0 Å². The quantitative estimate of drug-likeness (QED) is 0.572. The van der Waals surface area contributed by atoms with Crippen LogP contribution in [0.4, 0.5) is 0 Å². The van der Waals surface area contributed by atoms with Gasteiger partial charge in [0, 0.05) is 0 Å². The standard InChI is InChI=1S/AsH3.3BrH/h1H3;3*1H. The van der Waals surface area contributed by atoms with E-state index in [0.29, 0.717) is 0 Å². The van der Waals surface area contributed by atoms with E-state index in [9.17, 15) is 0 Å². The van der Waals surface area contributed by atoms with Crippen LogP contribution in [0.1, 0.15) is 0 Å². The van der Waals surface area contributed by atoms with E-state index in [1.54, 1.807) is 0 Å². The average Bonchev–Trinajstić information content (AvgIpc) is 0. The first kappa shape index (κ1) is 37.5. The SMILES string of the molecule is Br.Br.Br.[AsH3]. The molecule has 0 radical (unpaired) electrons. The van der Waals surface area contributed by atoms with Gasteiger partial charge in [-0.05, 0) is 0 Å². The Hall–Kier alpha value is 2.00. The predicted molar refractivity (Wildman–Crippen MR) is 40.9 cm³/mol. The molecule has 0 bridgehead atoms. The van der Waals surface area contributed by atoms with Gasteiger partial charge in [0.1, 0.15) is 0 Å². The first-order valence-electron chi connectivity index (χ1n) is 0. The Labute approximate surface area is 68.3 Å². The monoisotopic (exact) mass is 318 g/mol. The van der Waals surface area contributed by atoms with Crippen molar-refractivity contribution in [2.75, 3.05) is 0 Å². The molecular formula is H6AsBr3. The topological polar surface area (TPSA) is 0 Å². The van der Waals surface area contributed by atoms with Gasteiger partial charge in [-0.2, -0.15) is 0 Å². The molecule has 0 aromatic carbocycles. The molecule has 0 rings (SSSR count). The Kier molecular flexibility index (Phi) is 188. The summed E-state index contributed by atoms with van der Waals surface area (Å²) < 4.78 is 0. The number of rotatable bonds is 0. The Morgan fingerprint density at radius 3 is 0.500 bits per heavy atom. The number of hydrogen-bond acceptors (Lipinski definition) is 0. The summed E-state index contributed by atoms with van der Waals surface area (Å²) in [6.45, 7) is 0. The summed E-state index contributed by atoms with van der Waals surface area (Å²) in [4.78, 5) is 0. The van der Waals surface area contributed by atoms with Crippen LogP contribution in [-0.4, -0.2) is 18.0 Å². The van der Waals surface area contributed by atoms with E-state index in [0.717, 1.165) is 0 Å². The van der Waals surface area contributed by atoms with Crippen LogP contribution >= 0.6 is 50.9 Å². The van der Waals surface area contributed by atoms with Crippen LogP contribution in [0.15, 0.2) is 0 Å². The van der Waals surface area contributed by atoms with Gasteiger partial charge in [0.25, 0.3) is 0 Å². The summed E-state index contributed by atoms with van der Waals surface area (Å²) in [7, 11) is 0. The minimum atomic E-state index is 0. The molecule has 4 heteroatoms. The Balaban J connectivity index is 0. The Bertz CT molecular complexity index is 3.25. The van der Waals surface area contributed by atoms with Gasteiger partial charge < -0.3 is 0 Å². The fourth-order valence-electron chi connectivity index (χ4n) is 0. The van der Waals surface area contributed by atoms with Crippen molar-refractivity contribution >= 4 is 68.9 Å². The van der Waals surface area contributed by atoms with E-state index in [2.05, 4.69) is 0 Å². The van der Waals surface area contributed by atoms with Crippen molar-refractivity contribution in [3.05, 3.63) is 0 Å². The van der Waals surface area contributed by atoms with E-state index in [1.807, 2.05) is 0 Å². The second kappa shape index (κ2) is 20.0. The van der Waals surface area contributed by atoms with Crippen molar-refractivity contribution in [1.29, 1.82) is 0 Å². The van der Waals surface area contributed by atoms with Gasteiger partial charge in [-0.3, -0.25) is 0 Å². The summed E-state index contributed by atoms with van der Waals surface area (Å²) in [5.41, 5.74) is 0. The van der Waals surface area contributed by atoms with Crippen LogP contribution in [0.5, 0.6) is 0 Å². The molecule has 32 valence electrons. The maximum atomic E-state index is 0. The van der Waals surface area contributed by atoms with Crippen molar-refractivity contribution in [1.82, 2.24) is 0 Å². The molecule has 0 amide bonds. The molecular weight excluding hydrogens is 315 g/mol. The zero-order chi connectivity index (χ0) is 0. The molecule has 0 aromatic heterocycles. The molecule has 0 aliphatic carbocycles. The first-order valence-corrected chi connectivity index (χ1v) is 0. The van der Waals surface area contributed by atoms with Crippen LogP contribution < -0.4 is 0 Å². The number of halogens is 3. The van der Waals surface area contributed by atoms with Gasteiger partial charge in [0.2, 0.25) is 0 Å². The van der Waals surface area contributed by atoms with Crippen LogP contribution in [0.25, 0.3) is 0 Å². The molecule has 4 heavy (non-hydrogen) atoms. The molecule has 0 saturated carbocycles. The molecule has 1 atom stereocenters. The molecule has 0 spiro atoms. The van der Waals surface area contributed by atoms with Gasteiger partial charge in [-0.15, -0.1) is 50.9 Å². The zero-order valence-electron chi connectivity index (χ0n) is 1.93. The second-order valence-electron chi connectivity index (χ2n) is 0. The fraction of sp³-hybridized carbons (Fsp3) is 0. The fourth-order valence-corrected chi connectivity index (χ4v) is 0. The molecule has 0 heterocycles. The summed E-state index contributed by atoms with van der Waals surface area (Å²) >= 11 is 0. The summed E-state index contributed by atoms with van der Waals surface area (Å²) in [5.74, 6) is 0. The van der Waals surface area contributed by atoms with Crippen LogP contribution in [0.3, 0.4) is 0 Å². The van der Waals surface area contributed by atoms with Crippen LogP contribution in [-0.2, 0) is 0 Å². The third-order valence-electron chi connectivity index (χ3n) is 0. The third-order valence-corrected chi connectivity index (χ3v) is 0. The van der Waals surface area contributed by atoms with Gasteiger partial charge in [0.15, 0.2) is 0 Å². The molecule has 0 N–H and O–H groups in total. The van der Waals surface area contributed by atoms with Gasteiger partial charge >= 0.3 is 18.0 Å². The Morgan fingerprint density at radius 2 is 0.500 bits per heavy atom. The average molecular weight is 321 g/mol. The van der Waals surface area contributed by atoms with Gasteiger partial charge in [-0.25, -0.2) is 0 Å². The van der Waals surface area contributed by atoms with Crippen molar-refractivity contribution in [3.63, 3.8) is 0 Å². The van der Waals surface area contributed by atoms with E-state index in [-0.39, 0.29) is 68.9 Å². The van der Waals surface area contributed by atoms with Crippen LogP contribution in [0.2, 0.25) is 0 Å². The molecule has 1 unspecified atom stereocenters. The number of hydrogen-bond donors (Lipinski definition) is 0. The molecule has 0 fully saturated rings. The minimum absolute atomic E-state index is 0. The van der Waals surface area contributed by atoms with E-state index >= 15 is 0 Å². The molecule has 0 aliphatic rings. The van der Waals surface area contributed by atoms with Crippen LogP contribution in [0, 0.1) is 0 Å². The summed E-state index contributed by atoms with van der Waals surface area (Å²) in [6, 6.07) is 0. The third kappa shape index (κ3) is 9.00. The van der Waals surface area contributed by atoms with Crippen molar-refractivity contribution in [3.8, 4) is 0 Å². The van der Waals surface area contributed by atoms with E-state index < -0.39 is 0 Å². The van der Waals surface area contributed by atoms with Crippen molar-refractivity contribution < 1.29 is 0 Å². The van der Waals surface area contributed by atoms with E-state index in [4.69, 9.17) is 0 Å². The first-order chi connectivity index (χ1) is 0. The van der Waals surface area contributed by atoms with Gasteiger partial charge in [0.05, 0.1) is 0 Å². The Morgan fingerprint density at radius 1 is 0.500 bits per heavy atom. The molecule has 0 saturated heterocycles. The van der Waals surface area contributed by atoms with Gasteiger partial charge in [-0.1, -0.05) is 0 Å². The normalized spacial score (nSPS) is 0. The molecule has 0 nitrogen and oxygen atoms in total. The van der Waals surface area contributed by atoms with Crippen molar-refractivity contribution in [2.24, 2.45) is 0 Å². The maximum absolute atomic E-state index is 0. The predicted octanol–water partition coefficient (Wildman–Crippen LogP) is 0.550. The summed E-state index contributed by atoms with van der Waals surface area (Å²) in [5, 5.41) is 0.